The van der Waals surface area contributed by atoms with Crippen molar-refractivity contribution in [1.82, 2.24) is 10.2 Å². The summed E-state index contributed by atoms with van der Waals surface area (Å²) in [5, 5.41) is 9.07. The second kappa shape index (κ2) is 9.75. The minimum Gasteiger partial charge on any atom is -0.314 e. The second-order valence-electron chi connectivity index (χ2n) is 7.66. The van der Waals surface area contributed by atoms with Crippen LogP contribution in [0.15, 0.2) is 54.6 Å². The average molecular weight is 405 g/mol. The molecule has 1 aliphatic rings. The lowest BCUT2D eigenvalue weighted by Gasteiger charge is -2.37. The SMILES string of the molecule is CC(C)C[C@H](c1c2ccccc2cc2ccccc12)N1CCNCC1.Cl.Cl. The zero-order valence-corrected chi connectivity index (χ0v) is 17.8. The Balaban J connectivity index is 0.00000131. The largest absolute Gasteiger partial charge is 0.314 e. The highest BCUT2D eigenvalue weighted by Crippen LogP contribution is 2.38. The number of hydrogen-bond acceptors (Lipinski definition) is 2. The van der Waals surface area contributed by atoms with Crippen LogP contribution >= 0.6 is 24.8 Å². The predicted octanol–water partition coefficient (Wildman–Crippen LogP) is 5.83. The number of nitrogens with zero attached hydrogens (tertiary/aromatic N) is 1. The van der Waals surface area contributed by atoms with Gasteiger partial charge >= 0.3 is 0 Å². The summed E-state index contributed by atoms with van der Waals surface area (Å²) in [5.41, 5.74) is 1.53. The first-order valence-electron chi connectivity index (χ1n) is 9.59. The van der Waals surface area contributed by atoms with Gasteiger partial charge in [-0.2, -0.15) is 0 Å². The number of hydrogen-bond donors (Lipinski definition) is 1. The molecule has 0 spiro atoms. The summed E-state index contributed by atoms with van der Waals surface area (Å²) in [4.78, 5) is 2.70. The number of benzene rings is 3. The van der Waals surface area contributed by atoms with Gasteiger partial charge < -0.3 is 5.32 Å². The van der Waals surface area contributed by atoms with E-state index in [1.807, 2.05) is 0 Å². The zero-order chi connectivity index (χ0) is 17.2. The molecule has 0 saturated carbocycles. The van der Waals surface area contributed by atoms with Crippen molar-refractivity contribution in [2.45, 2.75) is 26.3 Å². The van der Waals surface area contributed by atoms with E-state index in [1.54, 1.807) is 0 Å². The lowest BCUT2D eigenvalue weighted by atomic mass is 9.87. The van der Waals surface area contributed by atoms with Crippen LogP contribution in [0.2, 0.25) is 0 Å². The van der Waals surface area contributed by atoms with Crippen molar-refractivity contribution in [3.05, 3.63) is 60.2 Å². The summed E-state index contributed by atoms with van der Waals surface area (Å²) < 4.78 is 0. The van der Waals surface area contributed by atoms with Crippen LogP contribution in [0.1, 0.15) is 31.9 Å². The van der Waals surface area contributed by atoms with E-state index in [0.29, 0.717) is 12.0 Å². The fourth-order valence-corrected chi connectivity index (χ4v) is 4.30. The minimum absolute atomic E-state index is 0. The van der Waals surface area contributed by atoms with E-state index in [2.05, 4.69) is 78.7 Å². The van der Waals surface area contributed by atoms with Crippen molar-refractivity contribution in [3.63, 3.8) is 0 Å². The summed E-state index contributed by atoms with van der Waals surface area (Å²) in [7, 11) is 0. The molecule has 0 aromatic heterocycles. The normalized spacial score (nSPS) is 16.1. The van der Waals surface area contributed by atoms with E-state index in [-0.39, 0.29) is 24.8 Å². The molecule has 1 atom stereocenters. The summed E-state index contributed by atoms with van der Waals surface area (Å²) in [6.45, 7) is 9.16. The number of piperazine rings is 1. The van der Waals surface area contributed by atoms with Crippen LogP contribution in [0.3, 0.4) is 0 Å². The van der Waals surface area contributed by atoms with Gasteiger partial charge in [0.2, 0.25) is 0 Å². The first-order chi connectivity index (χ1) is 12.2. The summed E-state index contributed by atoms with van der Waals surface area (Å²) >= 11 is 0. The molecule has 0 radical (unpaired) electrons. The molecule has 1 aliphatic heterocycles. The maximum Gasteiger partial charge on any atom is 0.0363 e. The topological polar surface area (TPSA) is 15.3 Å². The lowest BCUT2D eigenvalue weighted by molar-refractivity contribution is 0.156. The Morgan fingerprint density at radius 1 is 0.852 bits per heavy atom. The smallest absolute Gasteiger partial charge is 0.0363 e. The van der Waals surface area contributed by atoms with E-state index < -0.39 is 0 Å². The van der Waals surface area contributed by atoms with Gasteiger partial charge in [0.25, 0.3) is 0 Å². The molecule has 3 aromatic carbocycles. The first-order valence-corrected chi connectivity index (χ1v) is 9.59. The molecule has 4 rings (SSSR count). The van der Waals surface area contributed by atoms with Gasteiger partial charge in [-0.1, -0.05) is 62.4 Å². The highest BCUT2D eigenvalue weighted by Gasteiger charge is 2.26. The zero-order valence-electron chi connectivity index (χ0n) is 16.2. The van der Waals surface area contributed by atoms with Crippen molar-refractivity contribution in [2.75, 3.05) is 26.2 Å². The fraction of sp³-hybridized carbons (Fsp3) is 0.391. The molecule has 0 unspecified atom stereocenters. The van der Waals surface area contributed by atoms with Gasteiger partial charge in [0, 0.05) is 32.2 Å². The van der Waals surface area contributed by atoms with Crippen molar-refractivity contribution < 1.29 is 0 Å². The van der Waals surface area contributed by atoms with Crippen LogP contribution in [-0.4, -0.2) is 31.1 Å². The quantitative estimate of drug-likeness (QED) is 0.550. The Hall–Kier alpha value is -1.32. The van der Waals surface area contributed by atoms with E-state index in [4.69, 9.17) is 0 Å². The van der Waals surface area contributed by atoms with Gasteiger partial charge in [-0.3, -0.25) is 4.90 Å². The molecule has 1 N–H and O–H groups in total. The van der Waals surface area contributed by atoms with Gasteiger partial charge in [0.15, 0.2) is 0 Å². The van der Waals surface area contributed by atoms with Crippen LogP contribution in [0.25, 0.3) is 21.5 Å². The van der Waals surface area contributed by atoms with E-state index in [9.17, 15) is 0 Å². The van der Waals surface area contributed by atoms with Gasteiger partial charge in [-0.05, 0) is 45.5 Å². The third-order valence-corrected chi connectivity index (χ3v) is 5.43. The molecule has 0 bridgehead atoms. The Morgan fingerprint density at radius 3 is 1.89 bits per heavy atom. The van der Waals surface area contributed by atoms with E-state index in [0.717, 1.165) is 26.2 Å². The lowest BCUT2D eigenvalue weighted by Crippen LogP contribution is -2.45. The van der Waals surface area contributed by atoms with Crippen LogP contribution in [0, 0.1) is 5.92 Å². The first kappa shape index (κ1) is 22.0. The van der Waals surface area contributed by atoms with E-state index in [1.165, 1.54) is 33.5 Å². The highest BCUT2D eigenvalue weighted by molar-refractivity contribution is 6.02. The summed E-state index contributed by atoms with van der Waals surface area (Å²) in [6, 6.07) is 20.7. The number of halogens is 2. The standard InChI is InChI=1S/C23H28N2.2ClH/c1-17(2)15-22(25-13-11-24-12-14-25)23-20-9-5-3-7-18(20)16-19-8-4-6-10-21(19)23;;/h3-10,16-17,22,24H,11-15H2,1-2H3;2*1H/t22-;;/m1../s1. The molecule has 1 saturated heterocycles. The van der Waals surface area contributed by atoms with Gasteiger partial charge in [0.1, 0.15) is 0 Å². The Labute approximate surface area is 175 Å². The van der Waals surface area contributed by atoms with Gasteiger partial charge in [-0.15, -0.1) is 24.8 Å². The maximum absolute atomic E-state index is 3.51. The molecule has 0 amide bonds. The fourth-order valence-electron chi connectivity index (χ4n) is 4.30. The molecule has 4 heteroatoms. The summed E-state index contributed by atoms with van der Waals surface area (Å²) in [6.07, 6.45) is 1.21. The summed E-state index contributed by atoms with van der Waals surface area (Å²) in [5.74, 6) is 0.678. The average Bonchev–Trinajstić information content (AvgIpc) is 2.65. The predicted molar refractivity (Wildman–Crippen MR) is 123 cm³/mol. The number of rotatable bonds is 4. The molecular weight excluding hydrogens is 375 g/mol. The van der Waals surface area contributed by atoms with Crippen LogP contribution in [0.4, 0.5) is 0 Å². The van der Waals surface area contributed by atoms with Crippen molar-refractivity contribution in [1.29, 1.82) is 0 Å². The van der Waals surface area contributed by atoms with Crippen LogP contribution < -0.4 is 5.32 Å². The molecule has 146 valence electrons. The Morgan fingerprint density at radius 2 is 1.37 bits per heavy atom. The molecule has 1 heterocycles. The van der Waals surface area contributed by atoms with Gasteiger partial charge in [-0.25, -0.2) is 0 Å². The van der Waals surface area contributed by atoms with E-state index >= 15 is 0 Å². The number of nitrogens with one attached hydrogen (secondary N) is 1. The third kappa shape index (κ3) is 4.57. The molecular formula is C23H30Cl2N2. The maximum atomic E-state index is 3.51. The Kier molecular flexibility index (Phi) is 7.93. The molecule has 1 fully saturated rings. The number of fused-ring (bicyclic) bond motifs is 2. The van der Waals surface area contributed by atoms with Crippen molar-refractivity contribution in [3.8, 4) is 0 Å². The van der Waals surface area contributed by atoms with Crippen molar-refractivity contribution >= 4 is 46.4 Å². The molecule has 27 heavy (non-hydrogen) atoms. The Bertz CT molecular complexity index is 819. The van der Waals surface area contributed by atoms with Crippen molar-refractivity contribution in [2.24, 2.45) is 5.92 Å². The highest BCUT2D eigenvalue weighted by atomic mass is 35.5. The van der Waals surface area contributed by atoms with Crippen LogP contribution in [0.5, 0.6) is 0 Å². The van der Waals surface area contributed by atoms with Crippen LogP contribution in [-0.2, 0) is 0 Å². The molecule has 2 nitrogen and oxygen atoms in total. The minimum atomic E-state index is 0. The second-order valence-corrected chi connectivity index (χ2v) is 7.66. The van der Waals surface area contributed by atoms with Gasteiger partial charge in [0.05, 0.1) is 0 Å². The monoisotopic (exact) mass is 404 g/mol. The third-order valence-electron chi connectivity index (χ3n) is 5.43. The molecule has 0 aliphatic carbocycles. The molecule has 3 aromatic rings.